The summed E-state index contributed by atoms with van der Waals surface area (Å²) in [4.78, 5) is 4.24. The van der Waals surface area contributed by atoms with Crippen LogP contribution in [0.15, 0.2) is 48.7 Å². The number of aliphatic hydroxyl groups excluding tert-OH is 1. The smallest absolute Gasteiger partial charge is 0.130 e. The maximum atomic E-state index is 9.70. The van der Waals surface area contributed by atoms with Crippen LogP contribution in [0.1, 0.15) is 24.1 Å². The number of rotatable bonds is 7. The molecule has 0 unspecified atom stereocenters. The molecule has 5 nitrogen and oxygen atoms in total. The van der Waals surface area contributed by atoms with Crippen molar-refractivity contribution in [2.45, 2.75) is 31.5 Å². The fraction of sp³-hybridized carbons (Fsp3) is 0.421. The molecule has 1 aliphatic rings. The van der Waals surface area contributed by atoms with Crippen molar-refractivity contribution in [1.29, 1.82) is 0 Å². The Kier molecular flexibility index (Phi) is 5.80. The summed E-state index contributed by atoms with van der Waals surface area (Å²) in [5, 5.41) is 13.2. The van der Waals surface area contributed by atoms with E-state index in [4.69, 9.17) is 9.47 Å². The van der Waals surface area contributed by atoms with Crippen molar-refractivity contribution in [3.05, 3.63) is 59.9 Å². The zero-order valence-corrected chi connectivity index (χ0v) is 13.8. The molecule has 3 rings (SSSR count). The van der Waals surface area contributed by atoms with Gasteiger partial charge >= 0.3 is 0 Å². The molecule has 0 amide bonds. The van der Waals surface area contributed by atoms with Crippen LogP contribution >= 0.6 is 0 Å². The summed E-state index contributed by atoms with van der Waals surface area (Å²) < 4.78 is 11.1. The number of benzene rings is 1. The average molecular weight is 328 g/mol. The van der Waals surface area contributed by atoms with Gasteiger partial charge in [0, 0.05) is 31.5 Å². The molecule has 1 saturated heterocycles. The van der Waals surface area contributed by atoms with Gasteiger partial charge in [0.25, 0.3) is 0 Å². The van der Waals surface area contributed by atoms with Crippen molar-refractivity contribution in [2.24, 2.45) is 0 Å². The molecular weight excluding hydrogens is 304 g/mol. The standard InChI is InChI=1S/C19H24N2O3/c22-15-19(8-11-23-12-9-19)21-13-16-4-6-18(7-5-16)24-14-17-3-1-2-10-20-17/h1-7,10,21-22H,8-9,11-15H2. The van der Waals surface area contributed by atoms with Gasteiger partial charge in [-0.25, -0.2) is 0 Å². The highest BCUT2D eigenvalue weighted by atomic mass is 16.5. The maximum absolute atomic E-state index is 9.70. The summed E-state index contributed by atoms with van der Waals surface area (Å²) in [6.45, 7) is 2.73. The topological polar surface area (TPSA) is 63.6 Å². The van der Waals surface area contributed by atoms with Gasteiger partial charge < -0.3 is 19.9 Å². The molecule has 0 spiro atoms. The Hall–Kier alpha value is -1.95. The van der Waals surface area contributed by atoms with Crippen LogP contribution in [0.2, 0.25) is 0 Å². The fourth-order valence-electron chi connectivity index (χ4n) is 2.79. The third-order valence-corrected chi connectivity index (χ3v) is 4.46. The Labute approximate surface area is 142 Å². The van der Waals surface area contributed by atoms with E-state index in [1.54, 1.807) is 6.20 Å². The van der Waals surface area contributed by atoms with Crippen molar-refractivity contribution < 1.29 is 14.6 Å². The van der Waals surface area contributed by atoms with Crippen LogP contribution < -0.4 is 10.1 Å². The van der Waals surface area contributed by atoms with Crippen LogP contribution in [0.25, 0.3) is 0 Å². The predicted octanol–water partition coefficient (Wildman–Crippen LogP) is 2.29. The Bertz CT molecular complexity index is 610. The summed E-state index contributed by atoms with van der Waals surface area (Å²) in [6, 6.07) is 13.8. The van der Waals surface area contributed by atoms with Crippen LogP contribution in [0.4, 0.5) is 0 Å². The largest absolute Gasteiger partial charge is 0.487 e. The van der Waals surface area contributed by atoms with E-state index in [2.05, 4.69) is 10.3 Å². The summed E-state index contributed by atoms with van der Waals surface area (Å²) in [6.07, 6.45) is 3.45. The van der Waals surface area contributed by atoms with Gasteiger partial charge in [-0.2, -0.15) is 0 Å². The van der Waals surface area contributed by atoms with E-state index in [9.17, 15) is 5.11 Å². The first kappa shape index (κ1) is 16.9. The zero-order valence-electron chi connectivity index (χ0n) is 13.8. The number of aromatic nitrogens is 1. The normalized spacial score (nSPS) is 16.7. The first-order valence-electron chi connectivity index (χ1n) is 8.35. The van der Waals surface area contributed by atoms with Crippen molar-refractivity contribution in [2.75, 3.05) is 19.8 Å². The maximum Gasteiger partial charge on any atom is 0.130 e. The molecule has 0 radical (unpaired) electrons. The molecule has 0 atom stereocenters. The Morgan fingerprint density at radius 3 is 2.58 bits per heavy atom. The van der Waals surface area contributed by atoms with Gasteiger partial charge in [0.1, 0.15) is 12.4 Å². The van der Waals surface area contributed by atoms with Gasteiger partial charge in [-0.3, -0.25) is 4.98 Å². The molecule has 1 aliphatic heterocycles. The van der Waals surface area contributed by atoms with Crippen LogP contribution in [-0.4, -0.2) is 35.5 Å². The first-order chi connectivity index (χ1) is 11.8. The highest BCUT2D eigenvalue weighted by Gasteiger charge is 2.31. The minimum atomic E-state index is -0.216. The quantitative estimate of drug-likeness (QED) is 0.816. The molecule has 24 heavy (non-hydrogen) atoms. The molecule has 1 aromatic heterocycles. The first-order valence-corrected chi connectivity index (χ1v) is 8.35. The predicted molar refractivity (Wildman–Crippen MR) is 91.7 cm³/mol. The van der Waals surface area contributed by atoms with Gasteiger partial charge in [-0.1, -0.05) is 18.2 Å². The molecule has 0 bridgehead atoms. The number of hydrogen-bond donors (Lipinski definition) is 2. The van der Waals surface area contributed by atoms with E-state index in [1.165, 1.54) is 5.56 Å². The van der Waals surface area contributed by atoms with Crippen LogP contribution in [0.5, 0.6) is 5.75 Å². The van der Waals surface area contributed by atoms with E-state index < -0.39 is 0 Å². The Balaban J connectivity index is 1.51. The van der Waals surface area contributed by atoms with Gasteiger partial charge in [0.2, 0.25) is 0 Å². The number of hydrogen-bond acceptors (Lipinski definition) is 5. The van der Waals surface area contributed by atoms with Gasteiger partial charge in [0.15, 0.2) is 0 Å². The molecule has 0 aliphatic carbocycles. The van der Waals surface area contributed by atoms with Gasteiger partial charge in [0.05, 0.1) is 12.3 Å². The van der Waals surface area contributed by atoms with Crippen molar-refractivity contribution >= 4 is 0 Å². The van der Waals surface area contributed by atoms with Crippen molar-refractivity contribution in [3.8, 4) is 5.75 Å². The second-order valence-corrected chi connectivity index (χ2v) is 6.16. The molecule has 1 aromatic carbocycles. The Morgan fingerprint density at radius 2 is 1.92 bits per heavy atom. The lowest BCUT2D eigenvalue weighted by molar-refractivity contribution is 0.0112. The number of nitrogens with zero attached hydrogens (tertiary/aromatic N) is 1. The molecule has 5 heteroatoms. The number of nitrogens with one attached hydrogen (secondary N) is 1. The second-order valence-electron chi connectivity index (χ2n) is 6.16. The highest BCUT2D eigenvalue weighted by molar-refractivity contribution is 5.27. The molecule has 128 valence electrons. The summed E-state index contributed by atoms with van der Waals surface area (Å²) in [5.74, 6) is 0.826. The molecule has 2 N–H and O–H groups in total. The number of pyridine rings is 1. The second kappa shape index (κ2) is 8.24. The Morgan fingerprint density at radius 1 is 1.12 bits per heavy atom. The minimum Gasteiger partial charge on any atom is -0.487 e. The SMILES string of the molecule is OCC1(NCc2ccc(OCc3ccccn3)cc2)CCOCC1. The van der Waals surface area contributed by atoms with E-state index in [0.717, 1.165) is 30.8 Å². The van der Waals surface area contributed by atoms with Crippen LogP contribution in [0.3, 0.4) is 0 Å². The summed E-state index contributed by atoms with van der Waals surface area (Å²) >= 11 is 0. The van der Waals surface area contributed by atoms with Crippen LogP contribution in [0, 0.1) is 0 Å². The number of ether oxygens (including phenoxy) is 2. The lowest BCUT2D eigenvalue weighted by atomic mass is 9.91. The van der Waals surface area contributed by atoms with Gasteiger partial charge in [-0.05, 0) is 42.7 Å². The van der Waals surface area contributed by atoms with E-state index >= 15 is 0 Å². The lowest BCUT2D eigenvalue weighted by Crippen LogP contribution is -2.51. The van der Waals surface area contributed by atoms with Gasteiger partial charge in [-0.15, -0.1) is 0 Å². The molecule has 1 fully saturated rings. The molecular formula is C19H24N2O3. The third kappa shape index (κ3) is 4.54. The van der Waals surface area contributed by atoms with E-state index in [-0.39, 0.29) is 12.1 Å². The fourth-order valence-corrected chi connectivity index (χ4v) is 2.79. The van der Waals surface area contributed by atoms with E-state index in [0.29, 0.717) is 19.8 Å². The molecule has 2 aromatic rings. The monoisotopic (exact) mass is 328 g/mol. The lowest BCUT2D eigenvalue weighted by Gasteiger charge is -2.36. The zero-order chi connectivity index (χ0) is 16.7. The highest BCUT2D eigenvalue weighted by Crippen LogP contribution is 2.21. The molecule has 2 heterocycles. The number of aliphatic hydroxyl groups is 1. The third-order valence-electron chi connectivity index (χ3n) is 4.46. The summed E-state index contributed by atoms with van der Waals surface area (Å²) in [7, 11) is 0. The molecule has 0 saturated carbocycles. The average Bonchev–Trinajstić information content (AvgIpc) is 2.67. The van der Waals surface area contributed by atoms with E-state index in [1.807, 2.05) is 42.5 Å². The minimum absolute atomic E-state index is 0.141. The van der Waals surface area contributed by atoms with Crippen LogP contribution in [-0.2, 0) is 17.9 Å². The summed E-state index contributed by atoms with van der Waals surface area (Å²) in [5.41, 5.74) is 1.86. The van der Waals surface area contributed by atoms with Crippen molar-refractivity contribution in [3.63, 3.8) is 0 Å². The van der Waals surface area contributed by atoms with Crippen molar-refractivity contribution in [1.82, 2.24) is 10.3 Å².